The molecule has 1 aromatic heterocycles. The third kappa shape index (κ3) is 3.62. The fraction of sp³-hybridized carbons (Fsp3) is 0.105. The largest absolute Gasteiger partial charge is 0.458 e. The molecule has 0 bridgehead atoms. The molecule has 0 N–H and O–H groups in total. The van der Waals surface area contributed by atoms with Crippen LogP contribution < -0.4 is 47.4 Å². The molecule has 0 saturated carbocycles. The van der Waals surface area contributed by atoms with Crippen molar-refractivity contribution >= 4 is 75.3 Å². The van der Waals surface area contributed by atoms with Crippen LogP contribution in [0.5, 0.6) is 23.1 Å². The number of benzene rings is 5. The summed E-state index contributed by atoms with van der Waals surface area (Å²) in [4.78, 5) is 14.5. The molecule has 5 aromatic carbocycles. The van der Waals surface area contributed by atoms with Crippen LogP contribution in [0.4, 0.5) is 17.1 Å². The fourth-order valence-corrected chi connectivity index (χ4v) is 8.57. The molecular formula is C38H27B2N3O2S. The van der Waals surface area contributed by atoms with Crippen LogP contribution in [0.25, 0.3) is 0 Å². The van der Waals surface area contributed by atoms with Crippen molar-refractivity contribution in [2.45, 2.75) is 36.1 Å². The lowest BCUT2D eigenvalue weighted by molar-refractivity contribution is 0.444. The number of hydrogen-bond acceptors (Lipinski definition) is 6. The van der Waals surface area contributed by atoms with Gasteiger partial charge in [0.1, 0.15) is 22.3 Å². The maximum atomic E-state index is 6.70. The first-order chi connectivity index (χ1) is 22.4. The second kappa shape index (κ2) is 9.30. The van der Waals surface area contributed by atoms with Gasteiger partial charge in [-0.15, -0.1) is 0 Å². The normalized spacial score (nSPS) is 14.5. The van der Waals surface area contributed by atoms with E-state index in [0.717, 1.165) is 61.3 Å². The summed E-state index contributed by atoms with van der Waals surface area (Å²) < 4.78 is 13.3. The van der Waals surface area contributed by atoms with Gasteiger partial charge < -0.3 is 14.4 Å². The highest BCUT2D eigenvalue weighted by Gasteiger charge is 2.47. The highest BCUT2D eigenvalue weighted by Crippen LogP contribution is 2.42. The predicted molar refractivity (Wildman–Crippen MR) is 188 cm³/mol. The molecular weight excluding hydrogens is 584 g/mol. The summed E-state index contributed by atoms with van der Waals surface area (Å²) in [6.45, 7) is 6.44. The maximum absolute atomic E-state index is 6.70. The topological polar surface area (TPSA) is 47.5 Å². The Morgan fingerprint density at radius 2 is 1.33 bits per heavy atom. The predicted octanol–water partition coefficient (Wildman–Crippen LogP) is 5.27. The van der Waals surface area contributed by atoms with Crippen molar-refractivity contribution in [2.75, 3.05) is 4.90 Å². The van der Waals surface area contributed by atoms with Gasteiger partial charge in [-0.2, -0.15) is 0 Å². The molecule has 0 spiro atoms. The van der Waals surface area contributed by atoms with Gasteiger partial charge in [0, 0.05) is 33.0 Å². The molecule has 0 amide bonds. The summed E-state index contributed by atoms with van der Waals surface area (Å²) in [7, 11) is 0. The molecule has 10 rings (SSSR count). The van der Waals surface area contributed by atoms with E-state index in [0.29, 0.717) is 5.88 Å². The van der Waals surface area contributed by atoms with Crippen molar-refractivity contribution < 1.29 is 9.47 Å². The van der Waals surface area contributed by atoms with E-state index < -0.39 is 0 Å². The van der Waals surface area contributed by atoms with Crippen LogP contribution in [0.3, 0.4) is 0 Å². The SMILES string of the molecule is CC(C)(C)c1cc2c3c(c1)Oc1nc4c(nc1B3c1ccccc1O2)B1c2ccccc2N(c2ccccc2)c2cccc(c21)S4. The Labute approximate surface area is 272 Å². The fourth-order valence-electron chi connectivity index (χ4n) is 7.49. The zero-order valence-corrected chi connectivity index (χ0v) is 26.4. The van der Waals surface area contributed by atoms with Crippen LogP contribution in [0, 0.1) is 0 Å². The minimum atomic E-state index is -0.146. The molecule has 0 fully saturated rings. The van der Waals surface area contributed by atoms with Crippen molar-refractivity contribution in [3.05, 3.63) is 115 Å². The van der Waals surface area contributed by atoms with Gasteiger partial charge in [-0.25, -0.2) is 4.98 Å². The van der Waals surface area contributed by atoms with E-state index in [2.05, 4.69) is 129 Å². The minimum absolute atomic E-state index is 0.0596. The van der Waals surface area contributed by atoms with Crippen molar-refractivity contribution in [1.82, 2.24) is 9.97 Å². The summed E-state index contributed by atoms with van der Waals surface area (Å²) in [6, 6.07) is 38.6. The van der Waals surface area contributed by atoms with Crippen LogP contribution in [0.2, 0.25) is 0 Å². The molecule has 0 radical (unpaired) electrons. The molecule has 218 valence electrons. The third-order valence-corrected chi connectivity index (χ3v) is 10.7. The van der Waals surface area contributed by atoms with E-state index in [-0.39, 0.29) is 18.8 Å². The Hall–Kier alpha value is -4.94. The first-order valence-corrected chi connectivity index (χ1v) is 16.6. The lowest BCUT2D eigenvalue weighted by Crippen LogP contribution is -2.65. The van der Waals surface area contributed by atoms with Gasteiger partial charge in [-0.05, 0) is 75.9 Å². The molecule has 5 nitrogen and oxygen atoms in total. The van der Waals surface area contributed by atoms with Gasteiger partial charge >= 0.3 is 0 Å². The van der Waals surface area contributed by atoms with Gasteiger partial charge in [-0.3, -0.25) is 4.98 Å². The Kier molecular flexibility index (Phi) is 5.32. The molecule has 6 aromatic rings. The highest BCUT2D eigenvalue weighted by molar-refractivity contribution is 8.00. The smallest absolute Gasteiger partial charge is 0.286 e. The van der Waals surface area contributed by atoms with Crippen molar-refractivity contribution in [1.29, 1.82) is 0 Å². The lowest BCUT2D eigenvalue weighted by atomic mass is 9.35. The standard InChI is InChI=1S/C38H27B2N3O2S/c1-38(2,3)22-20-29-33-30(21-22)45-36-34(40(33)25-15-8-10-18-28(25)44-29)41-35-37(42-36)46-31-19-11-17-27-32(31)39(35)24-14-7-9-16-26(24)43(27)23-12-5-4-6-13-23/h4-21H,1-3H3. The Morgan fingerprint density at radius 3 is 2.15 bits per heavy atom. The van der Waals surface area contributed by atoms with E-state index >= 15 is 0 Å². The molecule has 5 heterocycles. The number of aromatic nitrogens is 2. The third-order valence-electron chi connectivity index (χ3n) is 9.63. The van der Waals surface area contributed by atoms with E-state index in [1.165, 1.54) is 21.5 Å². The summed E-state index contributed by atoms with van der Waals surface area (Å²) in [6.07, 6.45) is 0. The zero-order chi connectivity index (χ0) is 30.7. The number of anilines is 3. The first kappa shape index (κ1) is 26.3. The van der Waals surface area contributed by atoms with E-state index in [4.69, 9.17) is 19.4 Å². The summed E-state index contributed by atoms with van der Waals surface area (Å²) in [5.41, 5.74) is 11.0. The molecule has 0 atom stereocenters. The van der Waals surface area contributed by atoms with Crippen molar-refractivity contribution in [3.8, 4) is 23.1 Å². The van der Waals surface area contributed by atoms with E-state index in [1.807, 2.05) is 6.07 Å². The summed E-state index contributed by atoms with van der Waals surface area (Å²) in [5, 5.41) is 0.896. The Morgan fingerprint density at radius 1 is 0.630 bits per heavy atom. The number of fused-ring (bicyclic) bond motifs is 8. The molecule has 0 aliphatic carbocycles. The average Bonchev–Trinajstić information content (AvgIpc) is 3.07. The van der Waals surface area contributed by atoms with Crippen LogP contribution in [0.15, 0.2) is 119 Å². The Balaban J connectivity index is 1.21. The van der Waals surface area contributed by atoms with Crippen LogP contribution in [-0.4, -0.2) is 23.4 Å². The molecule has 46 heavy (non-hydrogen) atoms. The van der Waals surface area contributed by atoms with E-state index in [1.54, 1.807) is 11.8 Å². The number of hydrogen-bond donors (Lipinski definition) is 0. The minimum Gasteiger partial charge on any atom is -0.458 e. The molecule has 4 aliphatic heterocycles. The summed E-state index contributed by atoms with van der Waals surface area (Å²) >= 11 is 1.69. The van der Waals surface area contributed by atoms with Gasteiger partial charge in [0.15, 0.2) is 0 Å². The van der Waals surface area contributed by atoms with Crippen molar-refractivity contribution in [2.24, 2.45) is 0 Å². The van der Waals surface area contributed by atoms with Gasteiger partial charge in [-0.1, -0.05) is 93.2 Å². The van der Waals surface area contributed by atoms with Gasteiger partial charge in [0.05, 0.1) is 5.59 Å². The second-order valence-corrected chi connectivity index (χ2v) is 14.4. The molecule has 8 heteroatoms. The highest BCUT2D eigenvalue weighted by atomic mass is 32.2. The van der Waals surface area contributed by atoms with Gasteiger partial charge in [0.25, 0.3) is 13.4 Å². The Bertz CT molecular complexity index is 2270. The lowest BCUT2D eigenvalue weighted by Gasteiger charge is -2.40. The second-order valence-electron chi connectivity index (χ2n) is 13.4. The quantitative estimate of drug-likeness (QED) is 0.236. The number of nitrogens with zero attached hydrogens (tertiary/aromatic N) is 3. The number of para-hydroxylation sites is 3. The molecule has 4 aliphatic rings. The van der Waals surface area contributed by atoms with Crippen LogP contribution >= 0.6 is 11.8 Å². The monoisotopic (exact) mass is 611 g/mol. The summed E-state index contributed by atoms with van der Waals surface area (Å²) in [5.74, 6) is 3.06. The molecule has 0 saturated heterocycles. The van der Waals surface area contributed by atoms with E-state index in [9.17, 15) is 0 Å². The number of rotatable bonds is 1. The number of ether oxygens (including phenoxy) is 2. The van der Waals surface area contributed by atoms with Crippen LogP contribution in [-0.2, 0) is 5.41 Å². The maximum Gasteiger partial charge on any atom is 0.286 e. The first-order valence-electron chi connectivity index (χ1n) is 15.7. The average molecular weight is 611 g/mol. The zero-order valence-electron chi connectivity index (χ0n) is 25.6. The van der Waals surface area contributed by atoms with Gasteiger partial charge in [0.2, 0.25) is 5.88 Å². The van der Waals surface area contributed by atoms with Crippen molar-refractivity contribution in [3.63, 3.8) is 0 Å². The van der Waals surface area contributed by atoms with Crippen LogP contribution in [0.1, 0.15) is 26.3 Å². The molecule has 0 unspecified atom stereocenters.